The zero-order valence-electron chi connectivity index (χ0n) is 23.3. The number of hydrogen-bond donors (Lipinski definition) is 4. The Labute approximate surface area is 182 Å². The molecule has 9 heteroatoms. The van der Waals surface area contributed by atoms with Crippen molar-refractivity contribution in [1.82, 2.24) is 0 Å². The molecule has 30 heavy (non-hydrogen) atoms. The van der Waals surface area contributed by atoms with Gasteiger partial charge in [0.2, 0.25) is 6.29 Å². The molecule has 1 saturated heterocycles. The summed E-state index contributed by atoms with van der Waals surface area (Å²) in [5, 5.41) is 38.7. The van der Waals surface area contributed by atoms with Crippen LogP contribution < -0.4 is 0 Å². The van der Waals surface area contributed by atoms with Gasteiger partial charge in [-0.2, -0.15) is 0 Å². The van der Waals surface area contributed by atoms with Gasteiger partial charge in [-0.05, 0) is 24.1 Å². The van der Waals surface area contributed by atoms with Crippen molar-refractivity contribution in [1.29, 1.82) is 0 Å². The Hall–Kier alpha value is -2.85. The minimum atomic E-state index is -2.11. The van der Waals surface area contributed by atoms with Gasteiger partial charge in [-0.25, -0.2) is 9.18 Å². The number of aliphatic hydroxyl groups excluding tert-OH is 3. The largest absolute Gasteiger partial charge is 0.479 e. The number of rotatable bonds is 5. The van der Waals surface area contributed by atoms with Crippen LogP contribution in [0.1, 0.15) is 29.4 Å². The third-order valence-corrected chi connectivity index (χ3v) is 4.37. The van der Waals surface area contributed by atoms with E-state index in [4.69, 9.17) is 25.5 Å². The van der Waals surface area contributed by atoms with Crippen LogP contribution in [0.5, 0.6) is 0 Å². The van der Waals surface area contributed by atoms with Gasteiger partial charge in [0.25, 0.3) is 0 Å². The quantitative estimate of drug-likeness (QED) is 0.519. The number of benzene rings is 2. The minimum absolute atomic E-state index is 0.700. The average molecular weight is 428 g/mol. The van der Waals surface area contributed by atoms with Crippen LogP contribution in [0.3, 0.4) is 0 Å². The van der Waals surface area contributed by atoms with Crippen LogP contribution in [-0.2, 0) is 19.1 Å². The predicted molar refractivity (Wildman–Crippen MR) is 101 cm³/mol. The van der Waals surface area contributed by atoms with E-state index < -0.39 is 119 Å². The molecule has 0 aromatic heterocycles. The molecule has 160 valence electrons. The Kier molecular flexibility index (Phi) is 3.98. The zero-order valence-corrected chi connectivity index (χ0v) is 15.3. The van der Waals surface area contributed by atoms with Crippen molar-refractivity contribution in [2.45, 2.75) is 43.5 Å². The van der Waals surface area contributed by atoms with Crippen molar-refractivity contribution in [3.63, 3.8) is 0 Å². The molecule has 1 aliphatic heterocycles. The van der Waals surface area contributed by atoms with Crippen LogP contribution in [0, 0.1) is 5.82 Å². The van der Waals surface area contributed by atoms with E-state index in [-0.39, 0.29) is 0 Å². The first-order valence-electron chi connectivity index (χ1n) is 12.5. The fourth-order valence-electron chi connectivity index (χ4n) is 2.64. The van der Waals surface area contributed by atoms with E-state index >= 15 is 4.39 Å². The Bertz CT molecular complexity index is 1270. The van der Waals surface area contributed by atoms with Crippen molar-refractivity contribution >= 4 is 11.9 Å². The number of hydrogen-bond acceptors (Lipinski definition) is 7. The fraction of sp³-hybridized carbons (Fsp3) is 0.333. The molecule has 6 atom stereocenters. The van der Waals surface area contributed by atoms with Crippen LogP contribution in [0.15, 0.2) is 48.3 Å². The lowest BCUT2D eigenvalue weighted by Crippen LogP contribution is -2.60. The lowest BCUT2D eigenvalue weighted by molar-refractivity contribution is -0.286. The lowest BCUT2D eigenvalue weighted by Gasteiger charge is -2.38. The molecule has 0 aliphatic carbocycles. The van der Waals surface area contributed by atoms with Gasteiger partial charge < -0.3 is 29.9 Å². The first kappa shape index (κ1) is 13.5. The van der Waals surface area contributed by atoms with Gasteiger partial charge in [0.1, 0.15) is 24.1 Å². The first-order chi connectivity index (χ1) is 17.5. The Morgan fingerprint density at radius 2 is 1.77 bits per heavy atom. The molecule has 4 N–H and O–H groups in total. The van der Waals surface area contributed by atoms with Crippen LogP contribution in [0.2, 0.25) is 0 Å². The molecule has 1 fully saturated rings. The van der Waals surface area contributed by atoms with Crippen molar-refractivity contribution < 1.29 is 54.8 Å². The molecule has 2 aromatic rings. The maximum Gasteiger partial charge on any atom is 0.335 e. The SMILES string of the molecule is [2H]c1c([2H])c([2H])c(-c2c([2H])c([2H])c(C(C)C(=O)O[C@@H]3O[C@H](C(=O)O)[C@@H](O)[C@H](O)[C@H]3O)c([2H])c2F)c([2H])c1[2H]. The maximum absolute atomic E-state index is 15.4. The molecule has 0 spiro atoms. The topological polar surface area (TPSA) is 134 Å². The molecule has 0 amide bonds. The van der Waals surface area contributed by atoms with E-state index in [0.717, 1.165) is 6.92 Å². The maximum atomic E-state index is 15.4. The van der Waals surface area contributed by atoms with Gasteiger partial charge in [-0.15, -0.1) is 0 Å². The van der Waals surface area contributed by atoms with Crippen LogP contribution >= 0.6 is 0 Å². The van der Waals surface area contributed by atoms with Gasteiger partial charge >= 0.3 is 11.9 Å². The highest BCUT2D eigenvalue weighted by atomic mass is 19.1. The van der Waals surface area contributed by atoms with E-state index in [2.05, 4.69) is 0 Å². The van der Waals surface area contributed by atoms with Crippen LogP contribution in [0.25, 0.3) is 11.1 Å². The van der Waals surface area contributed by atoms with Crippen molar-refractivity contribution in [2.75, 3.05) is 0 Å². The van der Waals surface area contributed by atoms with Crippen LogP contribution in [-0.4, -0.2) is 63.1 Å². The Balaban J connectivity index is 2.04. The second kappa shape index (κ2) is 8.88. The zero-order chi connectivity index (χ0) is 29.0. The summed E-state index contributed by atoms with van der Waals surface area (Å²) in [5.74, 6) is -6.40. The molecule has 2 aromatic carbocycles. The molecule has 1 heterocycles. The van der Waals surface area contributed by atoms with E-state index in [1.807, 2.05) is 0 Å². The number of ether oxygens (including phenoxy) is 2. The van der Waals surface area contributed by atoms with Crippen molar-refractivity contribution in [3.8, 4) is 11.1 Å². The van der Waals surface area contributed by atoms with Crippen molar-refractivity contribution in [3.05, 3.63) is 59.7 Å². The molecular formula is C21H21FO8. The van der Waals surface area contributed by atoms with Gasteiger partial charge in [0, 0.05) is 5.56 Å². The highest BCUT2D eigenvalue weighted by Crippen LogP contribution is 2.28. The molecule has 0 radical (unpaired) electrons. The minimum Gasteiger partial charge on any atom is -0.479 e. The summed E-state index contributed by atoms with van der Waals surface area (Å²) >= 11 is 0. The second-order valence-corrected chi connectivity index (χ2v) is 6.37. The van der Waals surface area contributed by atoms with E-state index in [1.165, 1.54) is 0 Å². The van der Waals surface area contributed by atoms with Gasteiger partial charge in [0.15, 0.2) is 6.10 Å². The molecule has 0 saturated carbocycles. The number of carbonyl (C=O) groups is 2. The van der Waals surface area contributed by atoms with Gasteiger partial charge in [0.05, 0.1) is 16.9 Å². The van der Waals surface area contributed by atoms with E-state index in [9.17, 15) is 24.9 Å². The Morgan fingerprint density at radius 1 is 1.10 bits per heavy atom. The second-order valence-electron chi connectivity index (χ2n) is 6.37. The molecule has 1 unspecified atom stereocenters. The number of aliphatic hydroxyl groups is 3. The number of carboxylic acids is 1. The van der Waals surface area contributed by atoms with E-state index in [1.54, 1.807) is 0 Å². The summed E-state index contributed by atoms with van der Waals surface area (Å²) in [4.78, 5) is 24.0. The fourth-order valence-corrected chi connectivity index (χ4v) is 2.64. The third kappa shape index (κ3) is 4.34. The monoisotopic (exact) mass is 428 g/mol. The summed E-state index contributed by atoms with van der Waals surface area (Å²) in [6.07, 6.45) is -10.5. The highest BCUT2D eigenvalue weighted by molar-refractivity contribution is 5.78. The number of esters is 1. The number of halogens is 1. The summed E-state index contributed by atoms with van der Waals surface area (Å²) in [5.41, 5.74) is -2.38. The van der Waals surface area contributed by atoms with E-state index in [0.29, 0.717) is 0 Å². The number of carbonyl (C=O) groups excluding carboxylic acids is 1. The third-order valence-electron chi connectivity index (χ3n) is 4.37. The molecule has 8 nitrogen and oxygen atoms in total. The predicted octanol–water partition coefficient (Wildman–Crippen LogP) is 1.03. The van der Waals surface area contributed by atoms with Gasteiger partial charge in [-0.3, -0.25) is 4.79 Å². The standard InChI is InChI=1S/C21H21FO8/c1-10(12-7-8-13(14(22)9-12)11-5-3-2-4-6-11)20(28)30-21-17(25)15(23)16(24)18(29-21)19(26)27/h2-10,15-18,21,23-25H,1H3,(H,26,27)/t10?,15-,16-,17+,18-,21-/m0/s1/i2D,3D,4D,5D,6D,7D,8D,9D. The molecule has 0 bridgehead atoms. The molecule has 1 aliphatic rings. The normalized spacial score (nSPS) is 31.0. The summed E-state index contributed by atoms with van der Waals surface area (Å²) in [7, 11) is 0. The first-order valence-corrected chi connectivity index (χ1v) is 8.53. The lowest BCUT2D eigenvalue weighted by atomic mass is 9.96. The summed E-state index contributed by atoms with van der Waals surface area (Å²) in [6.45, 7) is 1.03. The average Bonchev–Trinajstić information content (AvgIpc) is 2.87. The summed E-state index contributed by atoms with van der Waals surface area (Å²) in [6, 6.07) is -7.23. The summed E-state index contributed by atoms with van der Waals surface area (Å²) < 4.78 is 89.0. The molecule has 3 rings (SSSR count). The smallest absolute Gasteiger partial charge is 0.335 e. The number of carboxylic acid groups (broad SMARTS) is 1. The van der Waals surface area contributed by atoms with Crippen LogP contribution in [0.4, 0.5) is 4.39 Å². The van der Waals surface area contributed by atoms with Crippen molar-refractivity contribution in [2.24, 2.45) is 0 Å². The molecular weight excluding hydrogens is 399 g/mol. The highest BCUT2D eigenvalue weighted by Gasteiger charge is 2.48. The Morgan fingerprint density at radius 3 is 2.40 bits per heavy atom. The number of aliphatic carboxylic acids is 1. The van der Waals surface area contributed by atoms with Gasteiger partial charge in [-0.1, -0.05) is 42.3 Å².